The molecule has 1 aliphatic heterocycles. The van der Waals surface area contributed by atoms with E-state index in [1.807, 2.05) is 24.8 Å². The van der Waals surface area contributed by atoms with Crippen LogP contribution in [0.15, 0.2) is 35.4 Å². The fourth-order valence-corrected chi connectivity index (χ4v) is 4.85. The first kappa shape index (κ1) is 21.4. The van der Waals surface area contributed by atoms with Crippen LogP contribution < -0.4 is 0 Å². The van der Waals surface area contributed by atoms with E-state index >= 15 is 0 Å². The lowest BCUT2D eigenvalue weighted by molar-refractivity contribution is -0.143. The molecule has 2 heterocycles. The van der Waals surface area contributed by atoms with E-state index in [1.165, 1.54) is 22.6 Å². The van der Waals surface area contributed by atoms with Gasteiger partial charge in [0, 0.05) is 22.4 Å². The lowest BCUT2D eigenvalue weighted by Gasteiger charge is -2.32. The molecule has 29 heavy (non-hydrogen) atoms. The molecular formula is C24H28N2O2S. The Morgan fingerprint density at radius 2 is 2.03 bits per heavy atom. The number of unbranched alkanes of at least 4 members (excludes halogenated alkanes) is 1. The Balaban J connectivity index is 1.63. The first-order valence-corrected chi connectivity index (χ1v) is 11.2. The summed E-state index contributed by atoms with van der Waals surface area (Å²) in [6, 6.07) is 8.53. The average molecular weight is 409 g/mol. The van der Waals surface area contributed by atoms with E-state index in [0.29, 0.717) is 13.0 Å². The third-order valence-electron chi connectivity index (χ3n) is 5.12. The summed E-state index contributed by atoms with van der Waals surface area (Å²) in [5.74, 6) is 7.55. The molecule has 0 bridgehead atoms. The van der Waals surface area contributed by atoms with Crippen LogP contribution in [-0.4, -0.2) is 28.5 Å². The molecule has 0 aliphatic carbocycles. The average Bonchev–Trinajstić information content (AvgIpc) is 2.70. The van der Waals surface area contributed by atoms with Gasteiger partial charge < -0.3 is 4.74 Å². The topological polar surface area (TPSA) is 52.1 Å². The molecule has 0 saturated carbocycles. The maximum atomic E-state index is 11.4. The normalized spacial score (nSPS) is 14.4. The quantitative estimate of drug-likeness (QED) is 0.385. The third-order valence-corrected chi connectivity index (χ3v) is 6.19. The number of aryl methyl sites for hydroxylation is 1. The maximum Gasteiger partial charge on any atom is 0.305 e. The molecule has 0 unspecified atom stereocenters. The minimum absolute atomic E-state index is 0.134. The smallest absolute Gasteiger partial charge is 0.305 e. The van der Waals surface area contributed by atoms with Crippen LogP contribution in [0.5, 0.6) is 0 Å². The first-order valence-electron chi connectivity index (χ1n) is 10.2. The lowest BCUT2D eigenvalue weighted by Crippen LogP contribution is -2.22. The van der Waals surface area contributed by atoms with Gasteiger partial charge in [0.05, 0.1) is 18.5 Å². The molecule has 1 aliphatic rings. The highest BCUT2D eigenvalue weighted by molar-refractivity contribution is 7.99. The van der Waals surface area contributed by atoms with E-state index in [1.54, 1.807) is 6.20 Å². The Hall–Kier alpha value is -2.32. The first-order chi connectivity index (χ1) is 14.0. The van der Waals surface area contributed by atoms with Gasteiger partial charge in [0.25, 0.3) is 0 Å². The van der Waals surface area contributed by atoms with Crippen LogP contribution in [0, 0.1) is 11.8 Å². The summed E-state index contributed by atoms with van der Waals surface area (Å²) in [5, 5.41) is 8.27. The van der Waals surface area contributed by atoms with Crippen molar-refractivity contribution < 1.29 is 9.53 Å². The van der Waals surface area contributed by atoms with Gasteiger partial charge in [0.2, 0.25) is 0 Å². The van der Waals surface area contributed by atoms with E-state index in [4.69, 9.17) is 4.74 Å². The number of aromatic nitrogens is 2. The molecule has 0 spiro atoms. The number of carbonyl (C=O) groups is 1. The van der Waals surface area contributed by atoms with Crippen LogP contribution in [-0.2, 0) is 21.4 Å². The largest absolute Gasteiger partial charge is 0.466 e. The zero-order valence-corrected chi connectivity index (χ0v) is 18.3. The van der Waals surface area contributed by atoms with E-state index in [2.05, 4.69) is 54.1 Å². The predicted molar refractivity (Wildman–Crippen MR) is 117 cm³/mol. The van der Waals surface area contributed by atoms with Gasteiger partial charge in [-0.2, -0.15) is 10.2 Å². The second-order valence-electron chi connectivity index (χ2n) is 7.89. The van der Waals surface area contributed by atoms with Crippen molar-refractivity contribution >= 4 is 17.7 Å². The van der Waals surface area contributed by atoms with Crippen molar-refractivity contribution in [3.8, 4) is 11.8 Å². The number of ether oxygens (including phenoxy) is 1. The number of rotatable bonds is 6. The van der Waals surface area contributed by atoms with Crippen molar-refractivity contribution in [2.24, 2.45) is 0 Å². The van der Waals surface area contributed by atoms with Gasteiger partial charge in [-0.25, -0.2) is 0 Å². The number of hydrogen-bond donors (Lipinski definition) is 0. The molecule has 0 atom stereocenters. The number of nitrogens with zero attached hydrogens (tertiary/aromatic N) is 2. The molecule has 3 rings (SSSR count). The van der Waals surface area contributed by atoms with E-state index in [0.717, 1.165) is 36.1 Å². The fourth-order valence-electron chi connectivity index (χ4n) is 3.37. The second kappa shape index (κ2) is 9.93. The molecule has 0 radical (unpaired) electrons. The lowest BCUT2D eigenvalue weighted by atomic mass is 9.81. The molecule has 0 N–H and O–H groups in total. The van der Waals surface area contributed by atoms with Gasteiger partial charge in [0.1, 0.15) is 0 Å². The molecule has 1 aromatic carbocycles. The Morgan fingerprint density at radius 1 is 1.21 bits per heavy atom. The summed E-state index contributed by atoms with van der Waals surface area (Å²) < 4.78 is 4.95. The van der Waals surface area contributed by atoms with Crippen LogP contribution in [0.4, 0.5) is 0 Å². The minimum atomic E-state index is -0.134. The van der Waals surface area contributed by atoms with Crippen LogP contribution in [0.3, 0.4) is 0 Å². The second-order valence-corrected chi connectivity index (χ2v) is 9.03. The van der Waals surface area contributed by atoms with Crippen molar-refractivity contribution in [1.82, 2.24) is 10.2 Å². The van der Waals surface area contributed by atoms with Crippen LogP contribution >= 0.6 is 11.8 Å². The SMILES string of the molecule is CCOC(=O)CCCCc1cc(C#Cc2ccc3c(c2)C(C)(C)CCS3)cnn1. The van der Waals surface area contributed by atoms with Crippen molar-refractivity contribution in [1.29, 1.82) is 0 Å². The number of thioether (sulfide) groups is 1. The van der Waals surface area contributed by atoms with Gasteiger partial charge in [-0.15, -0.1) is 11.8 Å². The van der Waals surface area contributed by atoms with Crippen molar-refractivity contribution in [3.05, 3.63) is 52.8 Å². The zero-order chi connectivity index (χ0) is 20.7. The molecule has 0 amide bonds. The standard InChI is InChI=1S/C24H28N2O2S/c1-4-28-23(27)8-6-5-7-20-15-19(17-25-26-20)10-9-18-11-12-22-21(16-18)24(2,3)13-14-29-22/h11-12,15-17H,4-8,13-14H2,1-3H3. The highest BCUT2D eigenvalue weighted by atomic mass is 32.2. The van der Waals surface area contributed by atoms with Crippen molar-refractivity contribution in [2.45, 2.75) is 63.2 Å². The van der Waals surface area contributed by atoms with Gasteiger partial charge >= 0.3 is 5.97 Å². The van der Waals surface area contributed by atoms with E-state index in [-0.39, 0.29) is 11.4 Å². The van der Waals surface area contributed by atoms with E-state index < -0.39 is 0 Å². The molecule has 5 heteroatoms. The maximum absolute atomic E-state index is 11.4. The highest BCUT2D eigenvalue weighted by Crippen LogP contribution is 2.41. The number of fused-ring (bicyclic) bond motifs is 1. The Labute approximate surface area is 177 Å². The summed E-state index contributed by atoms with van der Waals surface area (Å²) in [6.07, 6.45) is 5.80. The van der Waals surface area contributed by atoms with Crippen LogP contribution in [0.1, 0.15) is 68.8 Å². The summed E-state index contributed by atoms with van der Waals surface area (Å²) in [7, 11) is 0. The monoisotopic (exact) mass is 408 g/mol. The summed E-state index contributed by atoms with van der Waals surface area (Å²) in [6.45, 7) is 6.88. The molecule has 0 saturated heterocycles. The molecule has 0 fully saturated rings. The van der Waals surface area contributed by atoms with Crippen molar-refractivity contribution in [2.75, 3.05) is 12.4 Å². The van der Waals surface area contributed by atoms with Crippen molar-refractivity contribution in [3.63, 3.8) is 0 Å². The molecule has 4 nitrogen and oxygen atoms in total. The van der Waals surface area contributed by atoms with Gasteiger partial charge in [-0.3, -0.25) is 4.79 Å². The molecular weight excluding hydrogens is 380 g/mol. The Bertz CT molecular complexity index is 928. The van der Waals surface area contributed by atoms with Crippen LogP contribution in [0.2, 0.25) is 0 Å². The fraction of sp³-hybridized carbons (Fsp3) is 0.458. The van der Waals surface area contributed by atoms with Gasteiger partial charge in [-0.1, -0.05) is 25.7 Å². The zero-order valence-electron chi connectivity index (χ0n) is 17.5. The summed E-state index contributed by atoms with van der Waals surface area (Å²) in [4.78, 5) is 12.8. The van der Waals surface area contributed by atoms with Crippen LogP contribution in [0.25, 0.3) is 0 Å². The minimum Gasteiger partial charge on any atom is -0.466 e. The molecule has 1 aromatic heterocycles. The summed E-state index contributed by atoms with van der Waals surface area (Å²) >= 11 is 1.93. The molecule has 2 aromatic rings. The highest BCUT2D eigenvalue weighted by Gasteiger charge is 2.27. The number of esters is 1. The van der Waals surface area contributed by atoms with E-state index in [9.17, 15) is 4.79 Å². The Kier molecular flexibility index (Phi) is 7.33. The third kappa shape index (κ3) is 6.08. The van der Waals surface area contributed by atoms with Gasteiger partial charge in [0.15, 0.2) is 0 Å². The Morgan fingerprint density at radius 3 is 2.86 bits per heavy atom. The molecule has 152 valence electrons. The number of carbonyl (C=O) groups excluding carboxylic acids is 1. The number of benzene rings is 1. The number of hydrogen-bond acceptors (Lipinski definition) is 5. The van der Waals surface area contributed by atoms with Gasteiger partial charge in [-0.05, 0) is 73.6 Å². The summed E-state index contributed by atoms with van der Waals surface area (Å²) in [5.41, 5.74) is 4.41. The predicted octanol–water partition coefficient (Wildman–Crippen LogP) is 4.93.